The van der Waals surface area contributed by atoms with Gasteiger partial charge in [-0.3, -0.25) is 9.59 Å². The highest BCUT2D eigenvalue weighted by molar-refractivity contribution is 8.14. The van der Waals surface area contributed by atoms with E-state index in [0.717, 1.165) is 16.7 Å². The molecule has 158 valence electrons. The maximum atomic E-state index is 12.7. The average molecular weight is 432 g/mol. The quantitative estimate of drug-likeness (QED) is 0.705. The number of nitrogens with one attached hydrogen (secondary N) is 1. The van der Waals surface area contributed by atoms with Crippen LogP contribution in [0.2, 0.25) is 0 Å². The van der Waals surface area contributed by atoms with E-state index in [1.807, 2.05) is 0 Å². The van der Waals surface area contributed by atoms with E-state index in [2.05, 4.69) is 15.3 Å². The first-order valence-corrected chi connectivity index (χ1v) is 9.96. The number of hydrogen-bond acceptors (Lipinski definition) is 8. The van der Waals surface area contributed by atoms with Crippen molar-refractivity contribution < 1.29 is 28.4 Å². The number of ether oxygens (including phenoxy) is 2. The summed E-state index contributed by atoms with van der Waals surface area (Å²) in [6.45, 7) is 1.67. The number of rotatable bonds is 5. The minimum Gasteiger partial charge on any atom is -0.497 e. The zero-order valence-electron chi connectivity index (χ0n) is 17.3. The second-order valence-electron chi connectivity index (χ2n) is 6.54. The number of thioether (sulfide) groups is 1. The smallest absolute Gasteiger partial charge is 0.445 e. The van der Waals surface area contributed by atoms with Crippen LogP contribution in [0.4, 0.5) is 10.5 Å². The first kappa shape index (κ1) is 21.5. The second-order valence-corrected chi connectivity index (χ2v) is 7.54. The molecule has 0 spiro atoms. The Kier molecular flexibility index (Phi) is 6.20. The highest BCUT2D eigenvalue weighted by atomic mass is 32.2. The zero-order chi connectivity index (χ0) is 22.0. The van der Waals surface area contributed by atoms with Crippen LogP contribution in [-0.2, 0) is 9.59 Å². The molecule has 1 aromatic carbocycles. The molecular formula is C19H22N5O5S+. The third kappa shape index (κ3) is 4.06. The predicted molar refractivity (Wildman–Crippen MR) is 114 cm³/mol. The minimum absolute atomic E-state index is 0.0136. The van der Waals surface area contributed by atoms with Crippen LogP contribution in [-0.4, -0.2) is 78.1 Å². The number of imide groups is 1. The Balaban J connectivity index is 1.75. The highest BCUT2D eigenvalue weighted by Gasteiger charge is 2.48. The molecule has 0 saturated heterocycles. The SMILES string of the molecule is COc1ccc(NC(=O)CSC2=NC(C)=NC3=[N+](C)C(=O)N(C)C(=O)C23)c(OC)c1. The number of carbonyl (C=O) groups excluding carboxylic acids is 3. The Bertz CT molecular complexity index is 1020. The molecule has 0 aromatic heterocycles. The lowest BCUT2D eigenvalue weighted by Crippen LogP contribution is -2.54. The summed E-state index contributed by atoms with van der Waals surface area (Å²) in [6, 6.07) is 4.60. The molecule has 4 amide bonds. The molecule has 1 unspecified atom stereocenters. The summed E-state index contributed by atoms with van der Waals surface area (Å²) < 4.78 is 11.8. The van der Waals surface area contributed by atoms with Crippen LogP contribution >= 0.6 is 11.8 Å². The number of amidine groups is 2. The number of aliphatic imine (C=N–C) groups is 2. The van der Waals surface area contributed by atoms with Crippen LogP contribution in [0.1, 0.15) is 6.92 Å². The molecule has 11 heteroatoms. The van der Waals surface area contributed by atoms with E-state index in [0.29, 0.717) is 33.9 Å². The molecule has 2 aliphatic heterocycles. The van der Waals surface area contributed by atoms with E-state index in [1.54, 1.807) is 39.3 Å². The fourth-order valence-electron chi connectivity index (χ4n) is 3.03. The fourth-order valence-corrected chi connectivity index (χ4v) is 3.95. The van der Waals surface area contributed by atoms with Crippen molar-refractivity contribution in [1.82, 2.24) is 4.90 Å². The molecule has 1 N–H and O–H groups in total. The predicted octanol–water partition coefficient (Wildman–Crippen LogP) is 1.45. The van der Waals surface area contributed by atoms with Crippen molar-refractivity contribution in [2.24, 2.45) is 15.9 Å². The van der Waals surface area contributed by atoms with Crippen LogP contribution < -0.4 is 14.8 Å². The minimum atomic E-state index is -0.810. The lowest BCUT2D eigenvalue weighted by Gasteiger charge is -2.26. The molecule has 0 aliphatic carbocycles. The van der Waals surface area contributed by atoms with Crippen molar-refractivity contribution in [3.8, 4) is 11.5 Å². The van der Waals surface area contributed by atoms with Gasteiger partial charge in [0.1, 0.15) is 16.5 Å². The third-order valence-corrected chi connectivity index (χ3v) is 5.61. The van der Waals surface area contributed by atoms with Gasteiger partial charge in [-0.1, -0.05) is 16.8 Å². The summed E-state index contributed by atoms with van der Waals surface area (Å²) in [5.74, 6) is 0.280. The largest absolute Gasteiger partial charge is 0.497 e. The number of nitrogens with zero attached hydrogens (tertiary/aromatic N) is 4. The van der Waals surface area contributed by atoms with Gasteiger partial charge < -0.3 is 14.8 Å². The van der Waals surface area contributed by atoms with E-state index in [4.69, 9.17) is 9.47 Å². The van der Waals surface area contributed by atoms with Gasteiger partial charge in [0.25, 0.3) is 5.84 Å². The van der Waals surface area contributed by atoms with E-state index in [1.165, 1.54) is 18.7 Å². The number of anilines is 1. The average Bonchev–Trinajstić information content (AvgIpc) is 2.74. The van der Waals surface area contributed by atoms with Gasteiger partial charge in [-0.05, 0) is 12.1 Å². The summed E-state index contributed by atoms with van der Waals surface area (Å²) >= 11 is 1.13. The first-order chi connectivity index (χ1) is 14.3. The molecule has 0 bridgehead atoms. The zero-order valence-corrected chi connectivity index (χ0v) is 18.1. The highest BCUT2D eigenvalue weighted by Crippen LogP contribution is 2.30. The molecule has 1 aromatic rings. The van der Waals surface area contributed by atoms with E-state index in [9.17, 15) is 14.4 Å². The lowest BCUT2D eigenvalue weighted by molar-refractivity contribution is -0.407. The molecule has 30 heavy (non-hydrogen) atoms. The molecule has 2 heterocycles. The van der Waals surface area contributed by atoms with Crippen molar-refractivity contribution in [1.29, 1.82) is 0 Å². The Hall–Kier alpha value is -3.21. The van der Waals surface area contributed by atoms with Gasteiger partial charge in [-0.15, -0.1) is 0 Å². The summed E-state index contributed by atoms with van der Waals surface area (Å²) in [4.78, 5) is 47.0. The summed E-state index contributed by atoms with van der Waals surface area (Å²) in [6.07, 6.45) is 0. The van der Waals surface area contributed by atoms with Crippen molar-refractivity contribution in [3.63, 3.8) is 0 Å². The molecule has 10 nitrogen and oxygen atoms in total. The summed E-state index contributed by atoms with van der Waals surface area (Å²) in [5.41, 5.74) is 0.498. The van der Waals surface area contributed by atoms with Crippen molar-refractivity contribution in [2.45, 2.75) is 6.92 Å². The maximum absolute atomic E-state index is 12.7. The number of urea groups is 1. The van der Waals surface area contributed by atoms with Gasteiger partial charge in [0.05, 0.1) is 39.8 Å². The number of methoxy groups -OCH3 is 2. The Morgan fingerprint density at radius 2 is 2.00 bits per heavy atom. The van der Waals surface area contributed by atoms with Crippen molar-refractivity contribution >= 4 is 52.0 Å². The Labute approximate surface area is 177 Å². The number of fused-ring (bicyclic) bond motifs is 1. The maximum Gasteiger partial charge on any atom is 0.445 e. The molecule has 0 fully saturated rings. The van der Waals surface area contributed by atoms with E-state index < -0.39 is 17.9 Å². The van der Waals surface area contributed by atoms with E-state index in [-0.39, 0.29) is 11.7 Å². The number of carbonyl (C=O) groups is 3. The molecule has 0 radical (unpaired) electrons. The molecular weight excluding hydrogens is 410 g/mol. The Morgan fingerprint density at radius 1 is 1.27 bits per heavy atom. The number of benzene rings is 1. The molecule has 3 rings (SSSR count). The number of hydrogen-bond donors (Lipinski definition) is 1. The van der Waals surface area contributed by atoms with Gasteiger partial charge in [-0.2, -0.15) is 9.48 Å². The van der Waals surface area contributed by atoms with Gasteiger partial charge in [0.15, 0.2) is 5.92 Å². The Morgan fingerprint density at radius 3 is 2.67 bits per heavy atom. The first-order valence-electron chi connectivity index (χ1n) is 8.97. The van der Waals surface area contributed by atoms with Gasteiger partial charge in [-0.25, -0.2) is 9.79 Å². The van der Waals surface area contributed by atoms with E-state index >= 15 is 0 Å². The van der Waals surface area contributed by atoms with Gasteiger partial charge in [0.2, 0.25) is 11.7 Å². The molecule has 0 saturated carbocycles. The summed E-state index contributed by atoms with van der Waals surface area (Å²) in [7, 11) is 6.01. The van der Waals surface area contributed by atoms with Crippen molar-refractivity contribution in [2.75, 3.05) is 39.4 Å². The molecule has 2 aliphatic rings. The molecule has 1 atom stereocenters. The van der Waals surface area contributed by atoms with Gasteiger partial charge in [0, 0.05) is 13.0 Å². The van der Waals surface area contributed by atoms with Crippen LogP contribution in [0, 0.1) is 5.92 Å². The lowest BCUT2D eigenvalue weighted by atomic mass is 10.1. The van der Waals surface area contributed by atoms with Crippen LogP contribution in [0.25, 0.3) is 0 Å². The fraction of sp³-hybridized carbons (Fsp3) is 0.368. The second kappa shape index (κ2) is 8.66. The van der Waals surface area contributed by atoms with Gasteiger partial charge >= 0.3 is 11.9 Å². The monoisotopic (exact) mass is 432 g/mol. The normalized spacial score (nSPS) is 18.6. The summed E-state index contributed by atoms with van der Waals surface area (Å²) in [5, 5.41) is 3.20. The third-order valence-electron chi connectivity index (χ3n) is 4.58. The topological polar surface area (TPSA) is 113 Å². The standard InChI is InChI=1S/C19H21N5O5S/c1-10-20-16-15(18(26)24(3)19(27)23(16)2)17(21-10)30-9-14(25)22-12-7-6-11(28-4)8-13(12)29-5/h6-8,15H,9H2,1-5H3/p+1. The van der Waals surface area contributed by atoms with Crippen LogP contribution in [0.3, 0.4) is 0 Å². The van der Waals surface area contributed by atoms with Crippen LogP contribution in [0.5, 0.6) is 11.5 Å². The van der Waals surface area contributed by atoms with Crippen molar-refractivity contribution in [3.05, 3.63) is 18.2 Å². The number of amides is 4. The van der Waals surface area contributed by atoms with Crippen LogP contribution in [0.15, 0.2) is 28.2 Å².